The van der Waals surface area contributed by atoms with Crippen LogP contribution in [0.15, 0.2) is 12.1 Å². The van der Waals surface area contributed by atoms with Gasteiger partial charge >= 0.3 is 12.3 Å². The van der Waals surface area contributed by atoms with Gasteiger partial charge in [-0.25, -0.2) is 9.78 Å². The summed E-state index contributed by atoms with van der Waals surface area (Å²) in [4.78, 5) is 27.8. The molecular weight excluding hydrogens is 375 g/mol. The Bertz CT molecular complexity index is 698. The number of carbonyl (C=O) groups excluding carboxylic acids is 2. The topological polar surface area (TPSA) is 80.3 Å². The van der Waals surface area contributed by atoms with Crippen LogP contribution >= 0.6 is 0 Å². The number of halogens is 3. The van der Waals surface area contributed by atoms with Gasteiger partial charge in [0.25, 0.3) is 5.91 Å². The maximum absolute atomic E-state index is 12.7. The summed E-state index contributed by atoms with van der Waals surface area (Å²) in [5.41, 5.74) is -1.66. The molecule has 0 radical (unpaired) electrons. The van der Waals surface area contributed by atoms with Gasteiger partial charge in [-0.2, -0.15) is 13.2 Å². The maximum Gasteiger partial charge on any atom is 0.433 e. The fraction of sp³-hybridized carbons (Fsp3) is 0.632. The monoisotopic (exact) mass is 403 g/mol. The third-order valence-corrected chi connectivity index (χ3v) is 3.60. The third-order valence-electron chi connectivity index (χ3n) is 3.60. The number of hydrogen-bond donors (Lipinski definition) is 2. The van der Waals surface area contributed by atoms with Crippen molar-refractivity contribution >= 4 is 12.0 Å². The average molecular weight is 403 g/mol. The molecule has 0 fully saturated rings. The van der Waals surface area contributed by atoms with Crippen molar-refractivity contribution < 1.29 is 27.5 Å². The normalized spacial score (nSPS) is 13.2. The van der Waals surface area contributed by atoms with Gasteiger partial charge in [-0.15, -0.1) is 0 Å². The number of aryl methyl sites for hydroxylation is 1. The van der Waals surface area contributed by atoms with Crippen molar-refractivity contribution in [3.05, 3.63) is 29.1 Å². The number of ether oxygens (including phenoxy) is 1. The third kappa shape index (κ3) is 8.14. The van der Waals surface area contributed by atoms with E-state index < -0.39 is 35.5 Å². The largest absolute Gasteiger partial charge is 0.444 e. The van der Waals surface area contributed by atoms with E-state index in [2.05, 4.69) is 15.6 Å². The lowest BCUT2D eigenvalue weighted by Crippen LogP contribution is -2.45. The summed E-state index contributed by atoms with van der Waals surface area (Å²) in [6.07, 6.45) is -4.62. The summed E-state index contributed by atoms with van der Waals surface area (Å²) in [6, 6.07) is 1.47. The zero-order chi connectivity index (χ0) is 21.7. The zero-order valence-electron chi connectivity index (χ0n) is 17.0. The van der Waals surface area contributed by atoms with Crippen LogP contribution in [0.25, 0.3) is 0 Å². The van der Waals surface area contributed by atoms with Crippen LogP contribution in [0.5, 0.6) is 0 Å². The Morgan fingerprint density at radius 3 is 2.25 bits per heavy atom. The Morgan fingerprint density at radius 1 is 1.18 bits per heavy atom. The number of nitrogens with one attached hydrogen (secondary N) is 2. The van der Waals surface area contributed by atoms with Crippen LogP contribution in [0.4, 0.5) is 18.0 Å². The second-order valence-corrected chi connectivity index (χ2v) is 8.01. The number of alkyl carbamates (subject to hydrolysis) is 1. The highest BCUT2D eigenvalue weighted by molar-refractivity contribution is 5.95. The Balaban J connectivity index is 2.83. The first-order chi connectivity index (χ1) is 12.7. The second-order valence-electron chi connectivity index (χ2n) is 8.01. The molecule has 1 atom stereocenters. The molecule has 0 unspecified atom stereocenters. The number of pyridine rings is 1. The first kappa shape index (κ1) is 23.7. The molecule has 1 aromatic rings. The van der Waals surface area contributed by atoms with Crippen LogP contribution in [0.1, 0.15) is 62.8 Å². The van der Waals surface area contributed by atoms with E-state index in [0.717, 1.165) is 12.1 Å². The minimum absolute atomic E-state index is 0.0178. The molecule has 6 nitrogen and oxygen atoms in total. The molecule has 9 heteroatoms. The van der Waals surface area contributed by atoms with Gasteiger partial charge < -0.3 is 15.4 Å². The van der Waals surface area contributed by atoms with Gasteiger partial charge in [-0.3, -0.25) is 4.79 Å². The molecule has 0 aliphatic rings. The number of amides is 2. The standard InChI is InChI=1S/C19H28F3N3O3/c1-11(2)9-13(10-23-17(27)28-18(4,5)6)25-16(26)14-7-8-15(19(20,21)22)24-12(14)3/h7-8,11,13H,9-10H2,1-6H3,(H,23,27)(H,25,26)/t13-/m0/s1. The van der Waals surface area contributed by atoms with E-state index in [1.54, 1.807) is 20.8 Å². The molecule has 1 aromatic heterocycles. The average Bonchev–Trinajstić information content (AvgIpc) is 2.49. The molecule has 2 N–H and O–H groups in total. The van der Waals surface area contributed by atoms with Gasteiger partial charge in [-0.05, 0) is 52.2 Å². The molecule has 0 aliphatic carbocycles. The number of carbonyl (C=O) groups is 2. The Morgan fingerprint density at radius 2 is 1.79 bits per heavy atom. The summed E-state index contributed by atoms with van der Waals surface area (Å²) >= 11 is 0. The first-order valence-electron chi connectivity index (χ1n) is 9.01. The van der Waals surface area contributed by atoms with Crippen molar-refractivity contribution in [1.29, 1.82) is 0 Å². The predicted molar refractivity (Wildman–Crippen MR) is 98.9 cm³/mol. The molecular formula is C19H28F3N3O3. The van der Waals surface area contributed by atoms with Crippen molar-refractivity contribution in [1.82, 2.24) is 15.6 Å². The summed E-state index contributed by atoms with van der Waals surface area (Å²) in [7, 11) is 0. The molecule has 0 saturated heterocycles. The van der Waals surface area contributed by atoms with Crippen LogP contribution in [0.2, 0.25) is 0 Å². The van der Waals surface area contributed by atoms with Crippen molar-refractivity contribution in [3.63, 3.8) is 0 Å². The highest BCUT2D eigenvalue weighted by Gasteiger charge is 2.33. The van der Waals surface area contributed by atoms with Crippen LogP contribution in [0, 0.1) is 12.8 Å². The number of hydrogen-bond acceptors (Lipinski definition) is 4. The molecule has 1 heterocycles. The molecule has 158 valence electrons. The predicted octanol–water partition coefficient (Wildman–Crippen LogP) is 4.08. The van der Waals surface area contributed by atoms with E-state index in [9.17, 15) is 22.8 Å². The summed E-state index contributed by atoms with van der Waals surface area (Å²) in [5.74, 6) is -0.326. The zero-order valence-corrected chi connectivity index (χ0v) is 17.0. The van der Waals surface area contributed by atoms with Crippen molar-refractivity contribution in [3.8, 4) is 0 Å². The second kappa shape index (κ2) is 9.25. The van der Waals surface area contributed by atoms with Crippen LogP contribution in [-0.2, 0) is 10.9 Å². The molecule has 0 saturated carbocycles. The fourth-order valence-electron chi connectivity index (χ4n) is 2.51. The highest BCUT2D eigenvalue weighted by atomic mass is 19.4. The Kier molecular flexibility index (Phi) is 7.84. The number of alkyl halides is 3. The Labute approximate surface area is 163 Å². The SMILES string of the molecule is Cc1nc(C(F)(F)F)ccc1C(=O)N[C@H](CNC(=O)OC(C)(C)C)CC(C)C. The summed E-state index contributed by atoms with van der Waals surface area (Å²) in [6.45, 7) is 10.6. The smallest absolute Gasteiger partial charge is 0.433 e. The molecule has 1 rings (SSSR count). The lowest BCUT2D eigenvalue weighted by molar-refractivity contribution is -0.141. The minimum atomic E-state index is -4.57. The molecule has 2 amide bonds. The van der Waals surface area contributed by atoms with E-state index >= 15 is 0 Å². The molecule has 28 heavy (non-hydrogen) atoms. The lowest BCUT2D eigenvalue weighted by Gasteiger charge is -2.24. The van der Waals surface area contributed by atoms with Crippen LogP contribution < -0.4 is 10.6 Å². The lowest BCUT2D eigenvalue weighted by atomic mass is 10.0. The van der Waals surface area contributed by atoms with Crippen LogP contribution in [-0.4, -0.2) is 35.2 Å². The number of nitrogens with zero attached hydrogens (tertiary/aromatic N) is 1. The van der Waals surface area contributed by atoms with E-state index in [-0.39, 0.29) is 23.7 Å². The highest BCUT2D eigenvalue weighted by Crippen LogP contribution is 2.28. The van der Waals surface area contributed by atoms with Gasteiger partial charge in [0.05, 0.1) is 11.3 Å². The molecule has 0 spiro atoms. The van der Waals surface area contributed by atoms with Crippen molar-refractivity contribution in [2.75, 3.05) is 6.54 Å². The number of rotatable bonds is 6. The van der Waals surface area contributed by atoms with Gasteiger partial charge in [-0.1, -0.05) is 13.8 Å². The van der Waals surface area contributed by atoms with Crippen molar-refractivity contribution in [2.45, 2.75) is 65.8 Å². The number of aromatic nitrogens is 1. The van der Waals surface area contributed by atoms with E-state index in [1.165, 1.54) is 6.92 Å². The van der Waals surface area contributed by atoms with Gasteiger partial charge in [0.1, 0.15) is 11.3 Å². The van der Waals surface area contributed by atoms with Crippen molar-refractivity contribution in [2.24, 2.45) is 5.92 Å². The molecule has 0 aliphatic heterocycles. The van der Waals surface area contributed by atoms with Gasteiger partial charge in [0, 0.05) is 12.6 Å². The summed E-state index contributed by atoms with van der Waals surface area (Å²) < 4.78 is 43.4. The quantitative estimate of drug-likeness (QED) is 0.750. The van der Waals surface area contributed by atoms with Gasteiger partial charge in [0.2, 0.25) is 0 Å². The Hall–Kier alpha value is -2.32. The summed E-state index contributed by atoms with van der Waals surface area (Å²) in [5, 5.41) is 5.36. The first-order valence-corrected chi connectivity index (χ1v) is 9.01. The van der Waals surface area contributed by atoms with Gasteiger partial charge in [0.15, 0.2) is 0 Å². The minimum Gasteiger partial charge on any atom is -0.444 e. The molecule has 0 aromatic carbocycles. The van der Waals surface area contributed by atoms with E-state index in [4.69, 9.17) is 4.74 Å². The van der Waals surface area contributed by atoms with Crippen LogP contribution in [0.3, 0.4) is 0 Å². The fourth-order valence-corrected chi connectivity index (χ4v) is 2.51. The van der Waals surface area contributed by atoms with E-state index in [1.807, 2.05) is 13.8 Å². The van der Waals surface area contributed by atoms with E-state index in [0.29, 0.717) is 6.42 Å². The molecule has 0 bridgehead atoms. The maximum atomic E-state index is 12.7.